The van der Waals surface area contributed by atoms with Crippen molar-refractivity contribution < 1.29 is 81.0 Å². The Morgan fingerprint density at radius 2 is 1.40 bits per heavy atom. The van der Waals surface area contributed by atoms with Crippen molar-refractivity contribution in [2.24, 2.45) is 16.7 Å². The number of Topliss-reactive ketones (excluding diaryl/α,β-unsaturated/α-hetero) is 1. The maximum Gasteiger partial charge on any atom is 0.350 e. The van der Waals surface area contributed by atoms with Gasteiger partial charge in [-0.3, -0.25) is 19.2 Å². The zero-order valence-electron chi connectivity index (χ0n) is 40.1. The lowest BCUT2D eigenvalue weighted by Gasteiger charge is -2.67. The maximum atomic E-state index is 15.7. The van der Waals surface area contributed by atoms with E-state index in [2.05, 4.69) is 5.32 Å². The van der Waals surface area contributed by atoms with Crippen LogP contribution in [0.3, 0.4) is 0 Å². The maximum absolute atomic E-state index is 15.7. The first-order valence-corrected chi connectivity index (χ1v) is 23.2. The van der Waals surface area contributed by atoms with E-state index in [9.17, 15) is 38.6 Å². The lowest BCUT2D eigenvalue weighted by atomic mass is 9.44. The van der Waals surface area contributed by atoms with Gasteiger partial charge in [0, 0.05) is 43.7 Å². The third kappa shape index (κ3) is 8.85. The smallest absolute Gasteiger partial charge is 0.350 e. The van der Waals surface area contributed by atoms with Crippen LogP contribution < -0.4 is 5.32 Å². The van der Waals surface area contributed by atoms with Gasteiger partial charge in [-0.05, 0) is 67.0 Å². The molecule has 2 saturated carbocycles. The van der Waals surface area contributed by atoms with Crippen LogP contribution >= 0.6 is 0 Å². The number of benzene rings is 4. The minimum absolute atomic E-state index is 0.00331. The summed E-state index contributed by atoms with van der Waals surface area (Å²) in [4.78, 5) is 99.6. The number of nitrogens with one attached hydrogen (secondary N) is 1. The average molecular weight is 994 g/mol. The summed E-state index contributed by atoms with van der Waals surface area (Å²) in [5.74, 6) is -11.4. The van der Waals surface area contributed by atoms with E-state index in [1.807, 2.05) is 0 Å². The lowest BCUT2D eigenvalue weighted by molar-refractivity contribution is -0.346. The topological polar surface area (TPSA) is 227 Å². The molecule has 4 aromatic carbocycles. The molecule has 2 bridgehead atoms. The van der Waals surface area contributed by atoms with E-state index in [4.69, 9.17) is 28.4 Å². The number of hydrogen-bond acceptors (Lipinski definition) is 15. The third-order valence-electron chi connectivity index (χ3n) is 14.8. The van der Waals surface area contributed by atoms with Crippen molar-refractivity contribution >= 4 is 41.5 Å². The van der Waals surface area contributed by atoms with Crippen LogP contribution in [-0.4, -0.2) is 106 Å². The molecule has 0 spiro atoms. The van der Waals surface area contributed by atoms with Crippen molar-refractivity contribution in [3.8, 4) is 0 Å². The molecule has 18 heteroatoms. The van der Waals surface area contributed by atoms with Crippen LogP contribution in [0, 0.1) is 28.4 Å². The molecular formula is C54H53F2NO15. The zero-order valence-corrected chi connectivity index (χ0v) is 40.1. The average Bonchev–Trinajstić information content (AvgIpc) is 3.33. The standard InChI is InChI=1S/C54H53F2NO15/c1-28-37(69-50(65)43(70-49(64)35-23-22-34(55)24-36(35)56)41(31-16-10-7-11-17-31)57-47(62)32-18-12-8-13-19-32)26-54(66)46(71-48(63)33-20-14-9-15-21-33)44-52(6,38(60)25-39-53(44,27-67-39)72-30(3)59)45(61)42(68-29(2)58)40(28)51(54,4)5/h7-24,37-39,41-44,46,60,66H,25-27H2,1-6H3,(H,57,62)/t37-,38-,39+,41-,42+,43+,44?,46-,52+,53-,54+/m0/s1. The van der Waals surface area contributed by atoms with Crippen LogP contribution in [0.4, 0.5) is 8.78 Å². The SMILES string of the molecule is CC(=O)O[C@H]1C(=O)[C@@]2(C)C([C@H](OC(=O)c3ccccc3)[C@]3(O)C[C@H](OC(=O)[C@H](OC(=O)c4ccc(F)cc4F)[C@@H](NC(=O)c4ccccc4)c4ccccc4)C(C)=C1C3(C)C)[C@]1(OC(C)=O)CO[C@@H]1C[C@@H]2O. The fraction of sp³-hybridized carbons (Fsp3) is 0.389. The molecule has 0 aromatic heterocycles. The zero-order chi connectivity index (χ0) is 52.1. The van der Waals surface area contributed by atoms with E-state index in [1.54, 1.807) is 54.6 Å². The van der Waals surface area contributed by atoms with Gasteiger partial charge >= 0.3 is 29.8 Å². The molecule has 3 fully saturated rings. The Morgan fingerprint density at radius 3 is 1.97 bits per heavy atom. The molecule has 1 heterocycles. The van der Waals surface area contributed by atoms with E-state index < -0.39 is 136 Å². The Bertz CT molecular complexity index is 2840. The summed E-state index contributed by atoms with van der Waals surface area (Å²) in [7, 11) is 0. The van der Waals surface area contributed by atoms with Gasteiger partial charge in [-0.1, -0.05) is 80.6 Å². The van der Waals surface area contributed by atoms with Crippen LogP contribution in [0.25, 0.3) is 0 Å². The van der Waals surface area contributed by atoms with E-state index in [-0.39, 0.29) is 40.9 Å². The summed E-state index contributed by atoms with van der Waals surface area (Å²) in [5, 5.41) is 28.8. The van der Waals surface area contributed by atoms with Gasteiger partial charge in [-0.15, -0.1) is 0 Å². The van der Waals surface area contributed by atoms with Crippen molar-refractivity contribution in [1.82, 2.24) is 5.32 Å². The quantitative estimate of drug-likeness (QED) is 0.0856. The van der Waals surface area contributed by atoms with Crippen molar-refractivity contribution in [3.05, 3.63) is 154 Å². The molecule has 11 atom stereocenters. The van der Waals surface area contributed by atoms with Gasteiger partial charge < -0.3 is 44.0 Å². The normalized spacial score (nSPS) is 28.9. The highest BCUT2D eigenvalue weighted by molar-refractivity contribution is 5.97. The van der Waals surface area contributed by atoms with Crippen LogP contribution in [-0.2, 0) is 47.6 Å². The number of carbonyl (C=O) groups excluding carboxylic acids is 7. The Hall–Kier alpha value is -7.15. The predicted molar refractivity (Wildman–Crippen MR) is 247 cm³/mol. The highest BCUT2D eigenvalue weighted by Crippen LogP contribution is 2.64. The third-order valence-corrected chi connectivity index (χ3v) is 14.8. The number of halogens is 2. The fourth-order valence-electron chi connectivity index (χ4n) is 11.1. The summed E-state index contributed by atoms with van der Waals surface area (Å²) >= 11 is 0. The van der Waals surface area contributed by atoms with Gasteiger partial charge in [0.2, 0.25) is 6.10 Å². The van der Waals surface area contributed by atoms with E-state index in [0.717, 1.165) is 26.0 Å². The number of aliphatic hydroxyl groups is 2. The van der Waals surface area contributed by atoms with Crippen LogP contribution in [0.15, 0.2) is 120 Å². The highest BCUT2D eigenvalue weighted by atomic mass is 19.1. The second-order valence-electron chi connectivity index (χ2n) is 19.4. The van der Waals surface area contributed by atoms with Crippen molar-refractivity contribution in [3.63, 3.8) is 0 Å². The number of amides is 1. The summed E-state index contributed by atoms with van der Waals surface area (Å²) in [6.07, 6.45) is -11.5. The van der Waals surface area contributed by atoms with Crippen molar-refractivity contribution in [2.45, 2.75) is 108 Å². The molecule has 4 aromatic rings. The first-order valence-electron chi connectivity index (χ1n) is 23.2. The number of carbonyl (C=O) groups is 7. The first-order chi connectivity index (χ1) is 34.0. The Kier molecular flexibility index (Phi) is 13.8. The molecule has 1 saturated heterocycles. The largest absolute Gasteiger partial charge is 0.455 e. The molecule has 1 aliphatic heterocycles. The molecule has 72 heavy (non-hydrogen) atoms. The number of rotatable bonds is 12. The minimum atomic E-state index is -2.55. The van der Waals surface area contributed by atoms with Crippen molar-refractivity contribution in [2.75, 3.05) is 6.61 Å². The van der Waals surface area contributed by atoms with E-state index in [1.165, 1.54) is 64.1 Å². The molecule has 4 aliphatic rings. The van der Waals surface area contributed by atoms with Crippen molar-refractivity contribution in [1.29, 1.82) is 0 Å². The molecule has 0 radical (unpaired) electrons. The Balaban J connectivity index is 1.32. The van der Waals surface area contributed by atoms with Gasteiger partial charge in [0.25, 0.3) is 5.91 Å². The Morgan fingerprint density at radius 1 is 0.792 bits per heavy atom. The second-order valence-corrected chi connectivity index (χ2v) is 19.4. The molecular weight excluding hydrogens is 941 g/mol. The molecule has 1 unspecified atom stereocenters. The van der Waals surface area contributed by atoms with Gasteiger partial charge in [-0.25, -0.2) is 23.2 Å². The fourth-order valence-corrected chi connectivity index (χ4v) is 11.1. The lowest BCUT2D eigenvalue weighted by Crippen LogP contribution is -2.82. The van der Waals surface area contributed by atoms with Gasteiger partial charge in [0.1, 0.15) is 41.6 Å². The number of fused-ring (bicyclic) bond motifs is 5. The predicted octanol–water partition coefficient (Wildman–Crippen LogP) is 5.88. The number of aliphatic hydroxyl groups excluding tert-OH is 1. The highest BCUT2D eigenvalue weighted by Gasteiger charge is 2.78. The Labute approximate surface area is 412 Å². The van der Waals surface area contributed by atoms with Gasteiger partial charge in [-0.2, -0.15) is 0 Å². The van der Waals surface area contributed by atoms with E-state index >= 15 is 14.0 Å². The summed E-state index contributed by atoms with van der Waals surface area (Å²) < 4.78 is 65.7. The minimum Gasteiger partial charge on any atom is -0.455 e. The monoisotopic (exact) mass is 993 g/mol. The molecule has 3 aliphatic carbocycles. The molecule has 3 N–H and O–H groups in total. The van der Waals surface area contributed by atoms with E-state index in [0.29, 0.717) is 6.07 Å². The summed E-state index contributed by atoms with van der Waals surface area (Å²) in [5.41, 5.74) is -8.90. The molecule has 1 amide bonds. The van der Waals surface area contributed by atoms with Crippen LogP contribution in [0.5, 0.6) is 0 Å². The van der Waals surface area contributed by atoms with Crippen LogP contribution in [0.1, 0.15) is 97.1 Å². The second kappa shape index (κ2) is 19.5. The number of ether oxygens (including phenoxy) is 6. The molecule has 8 rings (SSSR count). The molecule has 16 nitrogen and oxygen atoms in total. The van der Waals surface area contributed by atoms with Gasteiger partial charge in [0.05, 0.1) is 35.2 Å². The number of hydrogen-bond donors (Lipinski definition) is 3. The molecule has 378 valence electrons. The number of ketones is 1. The van der Waals surface area contributed by atoms with Gasteiger partial charge in [0.15, 0.2) is 17.5 Å². The summed E-state index contributed by atoms with van der Waals surface area (Å²) in [6, 6.07) is 23.7. The number of esters is 5. The van der Waals surface area contributed by atoms with Crippen LogP contribution in [0.2, 0.25) is 0 Å². The summed E-state index contributed by atoms with van der Waals surface area (Å²) in [6.45, 7) is 7.56. The first kappa shape index (κ1) is 51.2.